The van der Waals surface area contributed by atoms with Gasteiger partial charge < -0.3 is 0 Å². The summed E-state index contributed by atoms with van der Waals surface area (Å²) in [6.07, 6.45) is -4.63. The van der Waals surface area contributed by atoms with E-state index < -0.39 is 23.9 Å². The molecule has 1 amide bonds. The molecule has 0 atom stereocenters. The van der Waals surface area contributed by atoms with Crippen molar-refractivity contribution in [2.45, 2.75) is 20.0 Å². The number of rotatable bonds is 2. The third-order valence-electron chi connectivity index (χ3n) is 2.61. The smallest absolute Gasteiger partial charge is 0.289 e. The molecule has 0 fully saturated rings. The van der Waals surface area contributed by atoms with Gasteiger partial charge in [0.1, 0.15) is 0 Å². The maximum absolute atomic E-state index is 12.3. The van der Waals surface area contributed by atoms with Crippen molar-refractivity contribution < 1.29 is 18.0 Å². The van der Waals surface area contributed by atoms with Crippen molar-refractivity contribution >= 4 is 11.9 Å². The lowest BCUT2D eigenvalue weighted by molar-refractivity contribution is -0.144. The van der Waals surface area contributed by atoms with Gasteiger partial charge in [-0.05, 0) is 25.5 Å². The van der Waals surface area contributed by atoms with Gasteiger partial charge in [0.05, 0.1) is 0 Å². The number of alkyl halides is 3. The first-order valence-corrected chi connectivity index (χ1v) is 5.65. The Morgan fingerprint density at radius 1 is 1.30 bits per heavy atom. The Hall–Kier alpha value is -2.38. The van der Waals surface area contributed by atoms with Crippen molar-refractivity contribution in [2.75, 3.05) is 5.32 Å². The molecule has 1 heterocycles. The summed E-state index contributed by atoms with van der Waals surface area (Å²) in [5.74, 6) is -2.23. The molecular formula is C12H11F3N4O. The predicted molar refractivity (Wildman–Crippen MR) is 65.3 cm³/mol. The Kier molecular flexibility index (Phi) is 3.47. The summed E-state index contributed by atoms with van der Waals surface area (Å²) in [4.78, 5) is 15.1. The van der Waals surface area contributed by atoms with Crippen molar-refractivity contribution in [3.05, 3.63) is 40.7 Å². The topological polar surface area (TPSA) is 70.7 Å². The molecule has 8 heteroatoms. The monoisotopic (exact) mass is 284 g/mol. The van der Waals surface area contributed by atoms with E-state index in [-0.39, 0.29) is 0 Å². The number of H-pyrrole nitrogens is 1. The van der Waals surface area contributed by atoms with E-state index >= 15 is 0 Å². The molecular weight excluding hydrogens is 273 g/mol. The Morgan fingerprint density at radius 2 is 2.00 bits per heavy atom. The highest BCUT2D eigenvalue weighted by Crippen LogP contribution is 2.26. The van der Waals surface area contributed by atoms with Crippen LogP contribution in [0.3, 0.4) is 0 Å². The first kappa shape index (κ1) is 14.0. The van der Waals surface area contributed by atoms with Gasteiger partial charge in [-0.3, -0.25) is 15.2 Å². The van der Waals surface area contributed by atoms with Crippen molar-refractivity contribution in [1.82, 2.24) is 15.2 Å². The van der Waals surface area contributed by atoms with E-state index in [1.165, 1.54) is 0 Å². The second-order valence-corrected chi connectivity index (χ2v) is 4.28. The number of nitrogens with zero attached hydrogens (tertiary/aromatic N) is 2. The fraction of sp³-hybridized carbons (Fsp3) is 0.250. The van der Waals surface area contributed by atoms with Crippen molar-refractivity contribution in [3.8, 4) is 0 Å². The summed E-state index contributed by atoms with van der Waals surface area (Å²) in [5.41, 5.74) is 2.05. The number of nitrogens with one attached hydrogen (secondary N) is 2. The molecule has 5 nitrogen and oxygen atoms in total. The molecule has 20 heavy (non-hydrogen) atoms. The molecule has 1 aromatic carbocycles. The number of carbonyl (C=O) groups excluding carboxylic acids is 1. The van der Waals surface area contributed by atoms with E-state index in [4.69, 9.17) is 0 Å². The van der Waals surface area contributed by atoms with Gasteiger partial charge in [0, 0.05) is 5.56 Å². The maximum atomic E-state index is 12.3. The van der Waals surface area contributed by atoms with Gasteiger partial charge in [-0.15, -0.1) is 5.10 Å². The minimum atomic E-state index is -4.63. The summed E-state index contributed by atoms with van der Waals surface area (Å²) in [5, 5.41) is 7.25. The molecule has 0 radical (unpaired) electrons. The maximum Gasteiger partial charge on any atom is 0.451 e. The van der Waals surface area contributed by atoms with Crippen LogP contribution in [-0.4, -0.2) is 21.1 Å². The summed E-state index contributed by atoms with van der Waals surface area (Å²) in [6.45, 7) is 3.61. The van der Waals surface area contributed by atoms with Crippen LogP contribution in [0.1, 0.15) is 27.3 Å². The zero-order chi connectivity index (χ0) is 14.9. The van der Waals surface area contributed by atoms with Crippen LogP contribution >= 0.6 is 0 Å². The van der Waals surface area contributed by atoms with Gasteiger partial charge in [0.2, 0.25) is 11.8 Å². The number of benzene rings is 1. The van der Waals surface area contributed by atoms with Gasteiger partial charge in [-0.25, -0.2) is 0 Å². The number of anilines is 1. The highest BCUT2D eigenvalue weighted by atomic mass is 19.4. The molecule has 0 aliphatic carbocycles. The number of aromatic amines is 1. The number of aryl methyl sites for hydroxylation is 2. The molecule has 1 aromatic heterocycles. The van der Waals surface area contributed by atoms with Gasteiger partial charge in [-0.2, -0.15) is 18.2 Å². The lowest BCUT2D eigenvalue weighted by Gasteiger charge is -2.05. The van der Waals surface area contributed by atoms with Crippen LogP contribution in [-0.2, 0) is 6.18 Å². The number of aromatic nitrogens is 3. The summed E-state index contributed by atoms with van der Waals surface area (Å²) in [6, 6.07) is 5.13. The van der Waals surface area contributed by atoms with Crippen LogP contribution in [0.25, 0.3) is 0 Å². The Bertz CT molecular complexity index is 648. The molecule has 106 valence electrons. The van der Waals surface area contributed by atoms with Gasteiger partial charge >= 0.3 is 6.18 Å². The number of halogens is 3. The summed E-state index contributed by atoms with van der Waals surface area (Å²) < 4.78 is 37.0. The third-order valence-corrected chi connectivity index (χ3v) is 2.61. The molecule has 0 saturated heterocycles. The van der Waals surface area contributed by atoms with Crippen LogP contribution in [0.2, 0.25) is 0 Å². The first-order valence-electron chi connectivity index (χ1n) is 5.65. The van der Waals surface area contributed by atoms with Crippen molar-refractivity contribution in [3.63, 3.8) is 0 Å². The number of hydrogen-bond acceptors (Lipinski definition) is 3. The molecule has 0 saturated carbocycles. The molecule has 0 aliphatic heterocycles. The van der Waals surface area contributed by atoms with Gasteiger partial charge in [0.15, 0.2) is 0 Å². The molecule has 2 aromatic rings. The minimum absolute atomic E-state index is 0.356. The Balaban J connectivity index is 2.17. The standard InChI is InChI=1S/C12H11F3N4O/c1-6-3-4-8(7(2)5-6)9(20)16-11-17-10(18-19-11)12(13,14)15/h3-5H,1-2H3,(H2,16,17,18,19,20). The number of amides is 1. The van der Waals surface area contributed by atoms with Crippen LogP contribution in [0, 0.1) is 13.8 Å². The third kappa shape index (κ3) is 2.95. The zero-order valence-electron chi connectivity index (χ0n) is 10.7. The van der Waals surface area contributed by atoms with Crippen molar-refractivity contribution in [1.29, 1.82) is 0 Å². The van der Waals surface area contributed by atoms with Crippen LogP contribution < -0.4 is 5.32 Å². The van der Waals surface area contributed by atoms with E-state index in [9.17, 15) is 18.0 Å². The normalized spacial score (nSPS) is 11.4. The fourth-order valence-electron chi connectivity index (χ4n) is 1.68. The minimum Gasteiger partial charge on any atom is -0.289 e. The van der Waals surface area contributed by atoms with Crippen LogP contribution in [0.5, 0.6) is 0 Å². The average molecular weight is 284 g/mol. The van der Waals surface area contributed by atoms with E-state index in [2.05, 4.69) is 15.4 Å². The van der Waals surface area contributed by atoms with Crippen molar-refractivity contribution in [2.24, 2.45) is 0 Å². The quantitative estimate of drug-likeness (QED) is 0.890. The van der Waals surface area contributed by atoms with E-state index in [1.807, 2.05) is 6.92 Å². The lowest BCUT2D eigenvalue weighted by Crippen LogP contribution is -2.15. The number of hydrogen-bond donors (Lipinski definition) is 2. The molecule has 0 unspecified atom stereocenters. The number of carbonyl (C=O) groups is 1. The molecule has 0 aliphatic rings. The molecule has 0 bridgehead atoms. The lowest BCUT2D eigenvalue weighted by atomic mass is 10.1. The predicted octanol–water partition coefficient (Wildman–Crippen LogP) is 2.69. The highest BCUT2D eigenvalue weighted by molar-refractivity contribution is 6.04. The largest absolute Gasteiger partial charge is 0.451 e. The Labute approximate surface area is 112 Å². The second-order valence-electron chi connectivity index (χ2n) is 4.28. The van der Waals surface area contributed by atoms with Gasteiger partial charge in [-0.1, -0.05) is 17.7 Å². The van der Waals surface area contributed by atoms with Crippen LogP contribution in [0.15, 0.2) is 18.2 Å². The second kappa shape index (κ2) is 4.95. The zero-order valence-corrected chi connectivity index (χ0v) is 10.7. The molecule has 2 N–H and O–H groups in total. The fourth-order valence-corrected chi connectivity index (χ4v) is 1.68. The SMILES string of the molecule is Cc1ccc(C(=O)Nc2n[nH]c(C(F)(F)F)n2)c(C)c1. The average Bonchev–Trinajstić information content (AvgIpc) is 2.76. The first-order chi connectivity index (χ1) is 9.27. The van der Waals surface area contributed by atoms with E-state index in [1.54, 1.807) is 30.2 Å². The molecule has 0 spiro atoms. The highest BCUT2D eigenvalue weighted by Gasteiger charge is 2.35. The summed E-state index contributed by atoms with van der Waals surface area (Å²) >= 11 is 0. The van der Waals surface area contributed by atoms with E-state index in [0.717, 1.165) is 5.56 Å². The molecule has 2 rings (SSSR count). The van der Waals surface area contributed by atoms with E-state index in [0.29, 0.717) is 11.1 Å². The Morgan fingerprint density at radius 3 is 2.55 bits per heavy atom. The summed E-state index contributed by atoms with van der Waals surface area (Å²) in [7, 11) is 0. The van der Waals surface area contributed by atoms with Gasteiger partial charge in [0.25, 0.3) is 5.91 Å². The van der Waals surface area contributed by atoms with Crippen LogP contribution in [0.4, 0.5) is 19.1 Å².